The van der Waals surface area contributed by atoms with Gasteiger partial charge in [-0.2, -0.15) is 0 Å². The number of halogens is 1. The number of β-amino-alcohol motifs (C(OH)–C–C–N with tert-alkyl or cyclic N) is 1. The van der Waals surface area contributed by atoms with Gasteiger partial charge in [-0.05, 0) is 47.0 Å². The number of phenolic OH excluding ortho intramolecular Hbond substituents is 1. The predicted octanol–water partition coefficient (Wildman–Crippen LogP) is 3.60. The highest BCUT2D eigenvalue weighted by molar-refractivity contribution is 6.30. The fourth-order valence-electron chi connectivity index (χ4n) is 3.95. The van der Waals surface area contributed by atoms with Gasteiger partial charge in [0.1, 0.15) is 11.8 Å². The molecule has 1 fully saturated rings. The minimum absolute atomic E-state index is 0.0756. The Kier molecular flexibility index (Phi) is 6.44. The highest BCUT2D eigenvalue weighted by Crippen LogP contribution is 2.29. The molecular weight excluding hydrogens is 428 g/mol. The summed E-state index contributed by atoms with van der Waals surface area (Å²) in [5.74, 6) is -0.562. The summed E-state index contributed by atoms with van der Waals surface area (Å²) >= 11 is 5.90. The SMILES string of the molecule is O=C(NCc1ccc(Cl)cc1)C1CC(O)CN1C(=O)c1ccccc1-c1cccc(O)c1. The van der Waals surface area contributed by atoms with Gasteiger partial charge >= 0.3 is 0 Å². The Labute approximate surface area is 191 Å². The van der Waals surface area contributed by atoms with Crippen LogP contribution in [0.25, 0.3) is 11.1 Å². The third kappa shape index (κ3) is 4.77. The number of phenols is 1. The van der Waals surface area contributed by atoms with E-state index in [0.29, 0.717) is 28.3 Å². The Bertz CT molecular complexity index is 1130. The molecule has 1 heterocycles. The number of carbonyl (C=O) groups is 2. The number of hydrogen-bond donors (Lipinski definition) is 3. The van der Waals surface area contributed by atoms with E-state index < -0.39 is 12.1 Å². The lowest BCUT2D eigenvalue weighted by Crippen LogP contribution is -2.45. The molecule has 0 bridgehead atoms. The number of carbonyl (C=O) groups excluding carboxylic acids is 2. The van der Waals surface area contributed by atoms with Gasteiger partial charge in [0.05, 0.1) is 6.10 Å². The summed E-state index contributed by atoms with van der Waals surface area (Å²) in [5.41, 5.74) is 2.63. The number of rotatable bonds is 5. The Morgan fingerprint density at radius 2 is 1.78 bits per heavy atom. The summed E-state index contributed by atoms with van der Waals surface area (Å²) in [6, 6.07) is 20.1. The molecule has 32 heavy (non-hydrogen) atoms. The van der Waals surface area contributed by atoms with E-state index >= 15 is 0 Å². The number of benzene rings is 3. The topological polar surface area (TPSA) is 89.9 Å². The third-order valence-corrected chi connectivity index (χ3v) is 5.79. The minimum atomic E-state index is -0.779. The number of aliphatic hydroxyl groups is 1. The molecule has 3 aromatic rings. The van der Waals surface area contributed by atoms with Crippen LogP contribution >= 0.6 is 11.6 Å². The zero-order valence-corrected chi connectivity index (χ0v) is 18.0. The first-order chi connectivity index (χ1) is 15.4. The van der Waals surface area contributed by atoms with Crippen LogP contribution in [0.4, 0.5) is 0 Å². The monoisotopic (exact) mass is 450 g/mol. The van der Waals surface area contributed by atoms with Gasteiger partial charge in [0.25, 0.3) is 5.91 Å². The number of hydrogen-bond acceptors (Lipinski definition) is 4. The number of aliphatic hydroxyl groups excluding tert-OH is 1. The molecule has 1 aliphatic heterocycles. The van der Waals surface area contributed by atoms with Gasteiger partial charge < -0.3 is 20.4 Å². The van der Waals surface area contributed by atoms with Gasteiger partial charge in [0.2, 0.25) is 5.91 Å². The summed E-state index contributed by atoms with van der Waals surface area (Å²) in [6.07, 6.45) is -0.606. The maximum Gasteiger partial charge on any atom is 0.255 e. The van der Waals surface area contributed by atoms with Crippen LogP contribution in [-0.4, -0.2) is 45.6 Å². The molecule has 0 spiro atoms. The van der Waals surface area contributed by atoms with Gasteiger partial charge in [-0.25, -0.2) is 0 Å². The summed E-state index contributed by atoms with van der Waals surface area (Å²) < 4.78 is 0. The molecule has 0 aliphatic carbocycles. The minimum Gasteiger partial charge on any atom is -0.508 e. The quantitative estimate of drug-likeness (QED) is 0.554. The maximum atomic E-state index is 13.5. The molecule has 2 amide bonds. The molecular formula is C25H23ClN2O4. The Hall–Kier alpha value is -3.35. The van der Waals surface area contributed by atoms with Crippen LogP contribution in [0.15, 0.2) is 72.8 Å². The van der Waals surface area contributed by atoms with E-state index in [1.54, 1.807) is 54.6 Å². The summed E-state index contributed by atoms with van der Waals surface area (Å²) in [7, 11) is 0. The average Bonchev–Trinajstić information content (AvgIpc) is 3.20. The molecule has 2 unspecified atom stereocenters. The largest absolute Gasteiger partial charge is 0.508 e. The van der Waals surface area contributed by atoms with Crippen LogP contribution in [0.1, 0.15) is 22.3 Å². The van der Waals surface area contributed by atoms with Gasteiger partial charge in [-0.15, -0.1) is 0 Å². The van der Waals surface area contributed by atoms with Crippen LogP contribution in [0, 0.1) is 0 Å². The van der Waals surface area contributed by atoms with Crippen LogP contribution in [0.3, 0.4) is 0 Å². The van der Waals surface area contributed by atoms with E-state index in [0.717, 1.165) is 5.56 Å². The van der Waals surface area contributed by atoms with Crippen molar-refractivity contribution >= 4 is 23.4 Å². The van der Waals surface area contributed by atoms with Crippen molar-refractivity contribution in [3.8, 4) is 16.9 Å². The van der Waals surface area contributed by atoms with Crippen molar-refractivity contribution < 1.29 is 19.8 Å². The first-order valence-electron chi connectivity index (χ1n) is 10.3. The molecule has 0 aromatic heterocycles. The molecule has 1 aliphatic rings. The van der Waals surface area contributed by atoms with Crippen molar-refractivity contribution in [1.29, 1.82) is 0 Å². The zero-order chi connectivity index (χ0) is 22.7. The van der Waals surface area contributed by atoms with E-state index in [-0.39, 0.29) is 30.5 Å². The second-order valence-electron chi connectivity index (χ2n) is 7.80. The number of nitrogens with zero attached hydrogens (tertiary/aromatic N) is 1. The van der Waals surface area contributed by atoms with Crippen molar-refractivity contribution in [2.45, 2.75) is 25.1 Å². The fourth-order valence-corrected chi connectivity index (χ4v) is 4.07. The van der Waals surface area contributed by atoms with E-state index in [9.17, 15) is 19.8 Å². The molecule has 3 aromatic carbocycles. The van der Waals surface area contributed by atoms with Crippen molar-refractivity contribution in [2.75, 3.05) is 6.54 Å². The van der Waals surface area contributed by atoms with Crippen LogP contribution in [-0.2, 0) is 11.3 Å². The van der Waals surface area contributed by atoms with E-state index in [2.05, 4.69) is 5.32 Å². The summed E-state index contributed by atoms with van der Waals surface area (Å²) in [4.78, 5) is 27.8. The number of likely N-dealkylation sites (tertiary alicyclic amines) is 1. The molecule has 0 saturated carbocycles. The second-order valence-corrected chi connectivity index (χ2v) is 8.24. The van der Waals surface area contributed by atoms with E-state index in [4.69, 9.17) is 11.6 Å². The predicted molar refractivity (Wildman–Crippen MR) is 122 cm³/mol. The lowest BCUT2D eigenvalue weighted by Gasteiger charge is -2.25. The van der Waals surface area contributed by atoms with Crippen LogP contribution < -0.4 is 5.32 Å². The van der Waals surface area contributed by atoms with Gasteiger partial charge in [0.15, 0.2) is 0 Å². The summed E-state index contributed by atoms with van der Waals surface area (Å²) in [6.45, 7) is 0.372. The van der Waals surface area contributed by atoms with E-state index in [1.807, 2.05) is 18.2 Å². The smallest absolute Gasteiger partial charge is 0.255 e. The molecule has 4 rings (SSSR count). The lowest BCUT2D eigenvalue weighted by atomic mass is 9.98. The van der Waals surface area contributed by atoms with Gasteiger partial charge in [-0.3, -0.25) is 9.59 Å². The lowest BCUT2D eigenvalue weighted by molar-refractivity contribution is -0.125. The standard InChI is InChI=1S/C25H23ClN2O4/c26-18-10-8-16(9-11-18)14-27-24(31)23-13-20(30)15-28(23)25(32)22-7-2-1-6-21(22)17-4-3-5-19(29)12-17/h1-12,20,23,29-30H,13-15H2,(H,27,31). The Morgan fingerprint density at radius 3 is 2.53 bits per heavy atom. The van der Waals surface area contributed by atoms with Gasteiger partial charge in [0, 0.05) is 30.1 Å². The molecule has 6 nitrogen and oxygen atoms in total. The van der Waals surface area contributed by atoms with Crippen molar-refractivity contribution in [2.24, 2.45) is 0 Å². The van der Waals surface area contributed by atoms with Crippen molar-refractivity contribution in [3.63, 3.8) is 0 Å². The normalized spacial score (nSPS) is 17.9. The molecule has 7 heteroatoms. The molecule has 3 N–H and O–H groups in total. The van der Waals surface area contributed by atoms with Crippen LogP contribution in [0.2, 0.25) is 5.02 Å². The van der Waals surface area contributed by atoms with Crippen LogP contribution in [0.5, 0.6) is 5.75 Å². The number of aromatic hydroxyl groups is 1. The first kappa shape index (κ1) is 21.9. The van der Waals surface area contributed by atoms with Gasteiger partial charge in [-0.1, -0.05) is 54.1 Å². The molecule has 0 radical (unpaired) electrons. The average molecular weight is 451 g/mol. The Balaban J connectivity index is 1.55. The molecule has 1 saturated heterocycles. The Morgan fingerprint density at radius 1 is 1.03 bits per heavy atom. The fraction of sp³-hybridized carbons (Fsp3) is 0.200. The highest BCUT2D eigenvalue weighted by atomic mass is 35.5. The molecule has 2 atom stereocenters. The number of amides is 2. The van der Waals surface area contributed by atoms with Crippen molar-refractivity contribution in [1.82, 2.24) is 10.2 Å². The zero-order valence-electron chi connectivity index (χ0n) is 17.2. The number of nitrogens with one attached hydrogen (secondary N) is 1. The second kappa shape index (κ2) is 9.42. The van der Waals surface area contributed by atoms with Crippen molar-refractivity contribution in [3.05, 3.63) is 88.9 Å². The summed E-state index contributed by atoms with van der Waals surface area (Å²) in [5, 5.41) is 23.5. The first-order valence-corrected chi connectivity index (χ1v) is 10.7. The van der Waals surface area contributed by atoms with E-state index in [1.165, 1.54) is 4.90 Å². The maximum absolute atomic E-state index is 13.5. The highest BCUT2D eigenvalue weighted by Gasteiger charge is 2.39. The third-order valence-electron chi connectivity index (χ3n) is 5.54. The molecule has 164 valence electrons.